The van der Waals surface area contributed by atoms with Crippen molar-refractivity contribution in [1.29, 1.82) is 0 Å². The van der Waals surface area contributed by atoms with Crippen molar-refractivity contribution in [2.24, 2.45) is 0 Å². The highest BCUT2D eigenvalue weighted by Gasteiger charge is 2.15. The van der Waals surface area contributed by atoms with E-state index in [1.54, 1.807) is 31.4 Å². The predicted octanol–water partition coefficient (Wildman–Crippen LogP) is 3.32. The van der Waals surface area contributed by atoms with Crippen molar-refractivity contribution in [3.63, 3.8) is 0 Å². The molecule has 0 fully saturated rings. The van der Waals surface area contributed by atoms with Crippen LogP contribution in [0.3, 0.4) is 0 Å². The number of benzene rings is 2. The maximum atomic E-state index is 12.3. The second-order valence-electron chi connectivity index (χ2n) is 4.25. The van der Waals surface area contributed by atoms with E-state index < -0.39 is 0 Å². The Hall–Kier alpha value is -2.04. The molecule has 3 N–H and O–H groups in total. The van der Waals surface area contributed by atoms with Crippen LogP contribution in [0.25, 0.3) is 0 Å². The van der Waals surface area contributed by atoms with Gasteiger partial charge in [0.15, 0.2) is 0 Å². The second kappa shape index (κ2) is 6.41. The molecule has 5 heteroatoms. The zero-order valence-electron chi connectivity index (χ0n) is 11.0. The molecule has 0 aromatic heterocycles. The van der Waals surface area contributed by atoms with E-state index in [0.29, 0.717) is 23.0 Å². The first-order valence-electron chi connectivity index (χ1n) is 6.05. The Bertz CT molecular complexity index is 609. The summed E-state index contributed by atoms with van der Waals surface area (Å²) >= 11 is 6.03. The number of hydrogen-bond donors (Lipinski definition) is 2. The number of amides is 1. The molecule has 0 radical (unpaired) electrons. The fourth-order valence-electron chi connectivity index (χ4n) is 1.89. The minimum Gasteiger partial charge on any atom is -0.398 e. The van der Waals surface area contributed by atoms with Crippen LogP contribution in [0.4, 0.5) is 11.4 Å². The number of hydrogen-bond acceptors (Lipinski definition) is 3. The molecule has 104 valence electrons. The fraction of sp³-hybridized carbons (Fsp3) is 0.133. The van der Waals surface area contributed by atoms with E-state index in [1.807, 2.05) is 18.2 Å². The van der Waals surface area contributed by atoms with Crippen molar-refractivity contribution in [1.82, 2.24) is 0 Å². The molecule has 2 aromatic rings. The number of nitrogen functional groups attached to an aromatic ring is 1. The monoisotopic (exact) mass is 290 g/mol. The SMILES string of the molecule is COCc1ccccc1NC(=O)c1c(N)cccc1Cl. The summed E-state index contributed by atoms with van der Waals surface area (Å²) in [6.07, 6.45) is 0. The van der Waals surface area contributed by atoms with E-state index in [-0.39, 0.29) is 11.5 Å². The maximum Gasteiger partial charge on any atom is 0.259 e. The lowest BCUT2D eigenvalue weighted by atomic mass is 10.1. The number of ether oxygens (including phenoxy) is 1. The van der Waals surface area contributed by atoms with Crippen LogP contribution >= 0.6 is 11.6 Å². The first-order valence-corrected chi connectivity index (χ1v) is 6.43. The average Bonchev–Trinajstić information content (AvgIpc) is 2.41. The number of rotatable bonds is 4. The van der Waals surface area contributed by atoms with Crippen LogP contribution in [0.2, 0.25) is 5.02 Å². The van der Waals surface area contributed by atoms with Gasteiger partial charge in [-0.05, 0) is 18.2 Å². The number of halogens is 1. The van der Waals surface area contributed by atoms with Crippen molar-refractivity contribution < 1.29 is 9.53 Å². The Balaban J connectivity index is 2.28. The van der Waals surface area contributed by atoms with Crippen LogP contribution < -0.4 is 11.1 Å². The molecule has 0 bridgehead atoms. The maximum absolute atomic E-state index is 12.3. The van der Waals surface area contributed by atoms with Gasteiger partial charge >= 0.3 is 0 Å². The fourth-order valence-corrected chi connectivity index (χ4v) is 2.16. The Morgan fingerprint density at radius 3 is 2.70 bits per heavy atom. The highest BCUT2D eigenvalue weighted by atomic mass is 35.5. The third-order valence-electron chi connectivity index (χ3n) is 2.84. The van der Waals surface area contributed by atoms with E-state index in [4.69, 9.17) is 22.1 Å². The third-order valence-corrected chi connectivity index (χ3v) is 3.15. The molecule has 0 atom stereocenters. The van der Waals surface area contributed by atoms with Crippen molar-refractivity contribution in [2.45, 2.75) is 6.61 Å². The molecular weight excluding hydrogens is 276 g/mol. The van der Waals surface area contributed by atoms with Gasteiger partial charge in [0, 0.05) is 24.0 Å². The van der Waals surface area contributed by atoms with Crippen LogP contribution in [-0.4, -0.2) is 13.0 Å². The molecule has 0 saturated heterocycles. The van der Waals surface area contributed by atoms with Crippen LogP contribution in [0.15, 0.2) is 42.5 Å². The van der Waals surface area contributed by atoms with E-state index >= 15 is 0 Å². The number of nitrogens with two attached hydrogens (primary N) is 1. The van der Waals surface area contributed by atoms with Crippen LogP contribution in [0.5, 0.6) is 0 Å². The predicted molar refractivity (Wildman–Crippen MR) is 81.0 cm³/mol. The van der Waals surface area contributed by atoms with Gasteiger partial charge in [-0.2, -0.15) is 0 Å². The molecule has 0 aliphatic rings. The normalized spacial score (nSPS) is 10.3. The summed E-state index contributed by atoms with van der Waals surface area (Å²) in [7, 11) is 1.60. The molecule has 0 aliphatic heterocycles. The molecule has 0 aliphatic carbocycles. The van der Waals surface area contributed by atoms with Crippen LogP contribution in [-0.2, 0) is 11.3 Å². The highest BCUT2D eigenvalue weighted by Crippen LogP contribution is 2.24. The third kappa shape index (κ3) is 3.10. The average molecular weight is 291 g/mol. The summed E-state index contributed by atoms with van der Waals surface area (Å²) in [5.74, 6) is -0.336. The van der Waals surface area contributed by atoms with Gasteiger partial charge in [-0.3, -0.25) is 4.79 Å². The first-order chi connectivity index (χ1) is 9.63. The minimum atomic E-state index is -0.336. The molecule has 2 rings (SSSR count). The lowest BCUT2D eigenvalue weighted by Crippen LogP contribution is -2.16. The molecule has 2 aromatic carbocycles. The molecule has 0 saturated carbocycles. The van der Waals surface area contributed by atoms with Crippen LogP contribution in [0.1, 0.15) is 15.9 Å². The number of anilines is 2. The minimum absolute atomic E-state index is 0.279. The first kappa shape index (κ1) is 14.4. The zero-order chi connectivity index (χ0) is 14.5. The Kier molecular flexibility index (Phi) is 4.61. The summed E-state index contributed by atoms with van der Waals surface area (Å²) in [4.78, 5) is 12.3. The van der Waals surface area contributed by atoms with Gasteiger partial charge in [0.2, 0.25) is 0 Å². The summed E-state index contributed by atoms with van der Waals surface area (Å²) in [5.41, 5.74) is 7.99. The van der Waals surface area contributed by atoms with Gasteiger partial charge in [0.05, 0.1) is 17.2 Å². The molecule has 1 amide bonds. The zero-order valence-corrected chi connectivity index (χ0v) is 11.8. The lowest BCUT2D eigenvalue weighted by molar-refractivity contribution is 0.102. The van der Waals surface area contributed by atoms with Gasteiger partial charge in [0.1, 0.15) is 0 Å². The van der Waals surface area contributed by atoms with Gasteiger partial charge < -0.3 is 15.8 Å². The van der Waals surface area contributed by atoms with Crippen molar-refractivity contribution in [3.8, 4) is 0 Å². The van der Waals surface area contributed by atoms with E-state index in [0.717, 1.165) is 5.56 Å². The Morgan fingerprint density at radius 2 is 2.00 bits per heavy atom. The van der Waals surface area contributed by atoms with Gasteiger partial charge in [-0.25, -0.2) is 0 Å². The van der Waals surface area contributed by atoms with Gasteiger partial charge in [-0.1, -0.05) is 35.9 Å². The Labute approximate surface area is 122 Å². The Morgan fingerprint density at radius 1 is 1.25 bits per heavy atom. The van der Waals surface area contributed by atoms with Crippen molar-refractivity contribution in [3.05, 3.63) is 58.6 Å². The molecule has 0 heterocycles. The lowest BCUT2D eigenvalue weighted by Gasteiger charge is -2.12. The molecule has 20 heavy (non-hydrogen) atoms. The van der Waals surface area contributed by atoms with E-state index in [1.165, 1.54) is 0 Å². The standard InChI is InChI=1S/C15H15ClN2O2/c1-20-9-10-5-2-3-8-13(10)18-15(19)14-11(16)6-4-7-12(14)17/h2-8H,9,17H2,1H3,(H,18,19). The van der Waals surface area contributed by atoms with E-state index in [2.05, 4.69) is 5.32 Å². The molecular formula is C15H15ClN2O2. The van der Waals surface area contributed by atoms with E-state index in [9.17, 15) is 4.79 Å². The molecule has 4 nitrogen and oxygen atoms in total. The highest BCUT2D eigenvalue weighted by molar-refractivity contribution is 6.35. The molecule has 0 unspecified atom stereocenters. The number of methoxy groups -OCH3 is 1. The quantitative estimate of drug-likeness (QED) is 0.849. The largest absolute Gasteiger partial charge is 0.398 e. The summed E-state index contributed by atoms with van der Waals surface area (Å²) in [6.45, 7) is 0.411. The summed E-state index contributed by atoms with van der Waals surface area (Å²) in [6, 6.07) is 12.4. The molecule has 0 spiro atoms. The number of carbonyl (C=O) groups is 1. The number of nitrogens with one attached hydrogen (secondary N) is 1. The van der Waals surface area contributed by atoms with Gasteiger partial charge in [0.25, 0.3) is 5.91 Å². The van der Waals surface area contributed by atoms with Crippen LogP contribution in [0, 0.1) is 0 Å². The topological polar surface area (TPSA) is 64.3 Å². The number of carbonyl (C=O) groups excluding carboxylic acids is 1. The van der Waals surface area contributed by atoms with Crippen molar-refractivity contribution in [2.75, 3.05) is 18.2 Å². The van der Waals surface area contributed by atoms with Crippen molar-refractivity contribution >= 4 is 28.9 Å². The second-order valence-corrected chi connectivity index (χ2v) is 4.66. The summed E-state index contributed by atoms with van der Waals surface area (Å²) < 4.78 is 5.10. The number of para-hydroxylation sites is 1. The smallest absolute Gasteiger partial charge is 0.259 e. The summed E-state index contributed by atoms with van der Waals surface area (Å²) in [5, 5.41) is 3.14. The van der Waals surface area contributed by atoms with Gasteiger partial charge in [-0.15, -0.1) is 0 Å².